The van der Waals surface area contributed by atoms with E-state index >= 15 is 0 Å². The van der Waals surface area contributed by atoms with Crippen molar-refractivity contribution in [3.05, 3.63) is 59.5 Å². The van der Waals surface area contributed by atoms with Gasteiger partial charge in [0.05, 0.1) is 25.1 Å². The van der Waals surface area contributed by atoms with Gasteiger partial charge in [-0.3, -0.25) is 5.43 Å². The molecule has 5 nitrogen and oxygen atoms in total. The van der Waals surface area contributed by atoms with Gasteiger partial charge < -0.3 is 9.47 Å². The van der Waals surface area contributed by atoms with Crippen LogP contribution in [-0.2, 0) is 0 Å². The lowest BCUT2D eigenvalue weighted by atomic mass is 10.1. The molecule has 0 spiro atoms. The van der Waals surface area contributed by atoms with Crippen LogP contribution in [0, 0.1) is 5.92 Å². The van der Waals surface area contributed by atoms with Crippen LogP contribution in [0.4, 0.5) is 5.13 Å². The molecule has 0 saturated carbocycles. The summed E-state index contributed by atoms with van der Waals surface area (Å²) >= 11 is 1.52. The minimum Gasteiger partial charge on any atom is -0.490 e. The molecule has 3 rings (SSSR count). The van der Waals surface area contributed by atoms with Crippen LogP contribution in [0.15, 0.2) is 59.0 Å². The Hall–Kier alpha value is -2.86. The molecule has 0 amide bonds. The fourth-order valence-electron chi connectivity index (χ4n) is 2.63. The Morgan fingerprint density at radius 2 is 1.93 bits per heavy atom. The third kappa shape index (κ3) is 6.32. The van der Waals surface area contributed by atoms with Gasteiger partial charge in [-0.05, 0) is 43.0 Å². The highest BCUT2D eigenvalue weighted by atomic mass is 32.1. The van der Waals surface area contributed by atoms with Gasteiger partial charge in [0.1, 0.15) is 0 Å². The Bertz CT molecular complexity index is 923. The molecule has 1 N–H and O–H groups in total. The van der Waals surface area contributed by atoms with Crippen LogP contribution in [0.2, 0.25) is 0 Å². The van der Waals surface area contributed by atoms with Crippen molar-refractivity contribution >= 4 is 22.7 Å². The van der Waals surface area contributed by atoms with Gasteiger partial charge >= 0.3 is 0 Å². The largest absolute Gasteiger partial charge is 0.490 e. The summed E-state index contributed by atoms with van der Waals surface area (Å²) in [7, 11) is 0. The van der Waals surface area contributed by atoms with Crippen molar-refractivity contribution in [2.24, 2.45) is 11.0 Å². The molecule has 0 fully saturated rings. The Labute approximate surface area is 176 Å². The Morgan fingerprint density at radius 1 is 1.10 bits per heavy atom. The van der Waals surface area contributed by atoms with E-state index in [1.807, 2.05) is 60.8 Å². The van der Waals surface area contributed by atoms with Crippen LogP contribution in [0.1, 0.15) is 32.8 Å². The number of nitrogens with one attached hydrogen (secondary N) is 1. The summed E-state index contributed by atoms with van der Waals surface area (Å²) in [5.74, 6) is 2.11. The zero-order chi connectivity index (χ0) is 20.5. The summed E-state index contributed by atoms with van der Waals surface area (Å²) in [6.45, 7) is 7.60. The second-order valence-corrected chi connectivity index (χ2v) is 7.80. The zero-order valence-electron chi connectivity index (χ0n) is 17.1. The molecule has 0 atom stereocenters. The first kappa shape index (κ1) is 20.9. The lowest BCUT2D eigenvalue weighted by Gasteiger charge is -2.13. The topological polar surface area (TPSA) is 55.7 Å². The number of thiazole rings is 1. The highest BCUT2D eigenvalue weighted by Gasteiger charge is 2.07. The van der Waals surface area contributed by atoms with E-state index in [0.717, 1.165) is 39.9 Å². The molecule has 29 heavy (non-hydrogen) atoms. The third-order valence-electron chi connectivity index (χ3n) is 4.17. The second kappa shape index (κ2) is 10.6. The maximum atomic E-state index is 5.88. The molecule has 2 aromatic carbocycles. The van der Waals surface area contributed by atoms with E-state index in [-0.39, 0.29) is 0 Å². The first-order chi connectivity index (χ1) is 14.2. The average Bonchev–Trinajstić information content (AvgIpc) is 3.19. The molecule has 0 aliphatic carbocycles. The summed E-state index contributed by atoms with van der Waals surface area (Å²) in [6, 6.07) is 15.9. The van der Waals surface area contributed by atoms with Crippen LogP contribution in [0.25, 0.3) is 11.3 Å². The van der Waals surface area contributed by atoms with Gasteiger partial charge in [-0.15, -0.1) is 11.3 Å². The van der Waals surface area contributed by atoms with Gasteiger partial charge in [-0.1, -0.05) is 44.2 Å². The molecule has 0 aliphatic rings. The SMILES string of the molecule is CCOc1cc(C=NNc2nc(-c3ccccc3)cs2)ccc1OCCC(C)C. The smallest absolute Gasteiger partial charge is 0.203 e. The predicted molar refractivity (Wildman–Crippen MR) is 121 cm³/mol. The molecule has 0 aliphatic heterocycles. The summed E-state index contributed by atoms with van der Waals surface area (Å²) in [5.41, 5.74) is 5.96. The normalized spacial score (nSPS) is 11.2. The fourth-order valence-corrected chi connectivity index (χ4v) is 3.29. The first-order valence-corrected chi connectivity index (χ1v) is 10.7. The van der Waals surface area contributed by atoms with Crippen molar-refractivity contribution in [2.45, 2.75) is 27.2 Å². The van der Waals surface area contributed by atoms with E-state index in [1.54, 1.807) is 6.21 Å². The fraction of sp³-hybridized carbons (Fsp3) is 0.304. The highest BCUT2D eigenvalue weighted by Crippen LogP contribution is 2.29. The monoisotopic (exact) mass is 409 g/mol. The second-order valence-electron chi connectivity index (χ2n) is 6.94. The predicted octanol–water partition coefficient (Wildman–Crippen LogP) is 6.08. The number of nitrogens with zero attached hydrogens (tertiary/aromatic N) is 2. The molecular weight excluding hydrogens is 382 g/mol. The first-order valence-electron chi connectivity index (χ1n) is 9.85. The number of hydrazone groups is 1. The molecular formula is C23H27N3O2S. The molecule has 152 valence electrons. The van der Waals surface area contributed by atoms with E-state index in [0.29, 0.717) is 19.1 Å². The lowest BCUT2D eigenvalue weighted by molar-refractivity contribution is 0.261. The Balaban J connectivity index is 1.62. The van der Waals surface area contributed by atoms with Crippen LogP contribution in [-0.4, -0.2) is 24.4 Å². The summed E-state index contributed by atoms with van der Waals surface area (Å²) in [5, 5.41) is 7.08. The summed E-state index contributed by atoms with van der Waals surface area (Å²) in [6.07, 6.45) is 2.77. The maximum Gasteiger partial charge on any atom is 0.203 e. The van der Waals surface area contributed by atoms with Crippen LogP contribution >= 0.6 is 11.3 Å². The number of rotatable bonds is 10. The molecule has 0 saturated heterocycles. The van der Waals surface area contributed by atoms with Gasteiger partial charge in [0.15, 0.2) is 11.5 Å². The van der Waals surface area contributed by atoms with E-state index in [1.165, 1.54) is 11.3 Å². The number of benzene rings is 2. The molecule has 0 radical (unpaired) electrons. The molecule has 3 aromatic rings. The minimum atomic E-state index is 0.584. The Morgan fingerprint density at radius 3 is 2.69 bits per heavy atom. The van der Waals surface area contributed by atoms with E-state index in [4.69, 9.17) is 9.47 Å². The summed E-state index contributed by atoms with van der Waals surface area (Å²) < 4.78 is 11.6. The minimum absolute atomic E-state index is 0.584. The molecule has 0 unspecified atom stereocenters. The average molecular weight is 410 g/mol. The quantitative estimate of drug-likeness (QED) is 0.326. The maximum absolute atomic E-state index is 5.88. The van der Waals surface area contributed by atoms with Crippen molar-refractivity contribution in [1.29, 1.82) is 0 Å². The molecule has 1 aromatic heterocycles. The van der Waals surface area contributed by atoms with Gasteiger partial charge in [0.25, 0.3) is 0 Å². The molecule has 6 heteroatoms. The van der Waals surface area contributed by atoms with Gasteiger partial charge in [0.2, 0.25) is 5.13 Å². The van der Waals surface area contributed by atoms with Crippen molar-refractivity contribution in [1.82, 2.24) is 4.98 Å². The number of anilines is 1. The highest BCUT2D eigenvalue weighted by molar-refractivity contribution is 7.14. The van der Waals surface area contributed by atoms with Crippen molar-refractivity contribution in [3.8, 4) is 22.8 Å². The van der Waals surface area contributed by atoms with Crippen molar-refractivity contribution in [2.75, 3.05) is 18.6 Å². The standard InChI is InChI=1S/C23H27N3O2S/c1-4-27-22-14-18(10-11-21(22)28-13-12-17(2)3)15-24-26-23-25-20(16-29-23)19-8-6-5-7-9-19/h5-11,14-17H,4,12-13H2,1-3H3,(H,25,26). The lowest BCUT2D eigenvalue weighted by Crippen LogP contribution is -2.04. The zero-order valence-corrected chi connectivity index (χ0v) is 17.9. The molecule has 0 bridgehead atoms. The summed E-state index contributed by atoms with van der Waals surface area (Å²) in [4.78, 5) is 4.57. The molecule has 1 heterocycles. The number of ether oxygens (including phenoxy) is 2. The number of aromatic nitrogens is 1. The van der Waals surface area contributed by atoms with Crippen LogP contribution in [0.5, 0.6) is 11.5 Å². The van der Waals surface area contributed by atoms with E-state index in [2.05, 4.69) is 29.4 Å². The number of hydrogen-bond acceptors (Lipinski definition) is 6. The van der Waals surface area contributed by atoms with Gasteiger partial charge in [-0.2, -0.15) is 5.10 Å². The van der Waals surface area contributed by atoms with Crippen LogP contribution in [0.3, 0.4) is 0 Å². The Kier molecular flexibility index (Phi) is 7.64. The van der Waals surface area contributed by atoms with Gasteiger partial charge in [0, 0.05) is 10.9 Å². The van der Waals surface area contributed by atoms with E-state index < -0.39 is 0 Å². The van der Waals surface area contributed by atoms with Crippen molar-refractivity contribution in [3.63, 3.8) is 0 Å². The van der Waals surface area contributed by atoms with E-state index in [9.17, 15) is 0 Å². The van der Waals surface area contributed by atoms with Crippen molar-refractivity contribution < 1.29 is 9.47 Å². The van der Waals surface area contributed by atoms with Crippen LogP contribution < -0.4 is 14.9 Å². The third-order valence-corrected chi connectivity index (χ3v) is 4.91. The number of hydrogen-bond donors (Lipinski definition) is 1. The van der Waals surface area contributed by atoms with Gasteiger partial charge in [-0.25, -0.2) is 4.98 Å².